The van der Waals surface area contributed by atoms with Gasteiger partial charge in [-0.05, 0) is 53.3 Å². The lowest BCUT2D eigenvalue weighted by atomic mass is 10.0. The Labute approximate surface area is 208 Å². The molecule has 1 fully saturated rings. The van der Waals surface area contributed by atoms with Crippen LogP contribution in [0.1, 0.15) is 24.0 Å². The number of nitrogens with zero attached hydrogens (tertiary/aromatic N) is 1. The molecule has 1 aliphatic rings. The molecule has 0 amide bonds. The largest absolute Gasteiger partial charge is 0.480 e. The molecule has 0 spiro atoms. The molecule has 0 bridgehead atoms. The van der Waals surface area contributed by atoms with Crippen molar-refractivity contribution in [3.05, 3.63) is 90.0 Å². The molecule has 3 unspecified atom stereocenters. The summed E-state index contributed by atoms with van der Waals surface area (Å²) < 4.78 is 29.1. The van der Waals surface area contributed by atoms with Gasteiger partial charge in [-0.2, -0.15) is 0 Å². The molecule has 0 aliphatic carbocycles. The SMILES string of the molecule is O=C(O)C(Cc1ccccc1)N(c1cccc(-c2cccc(CNCC3CCCO3)c2)c1)S(=O)O. The van der Waals surface area contributed by atoms with Gasteiger partial charge in [0.15, 0.2) is 0 Å². The van der Waals surface area contributed by atoms with E-state index in [9.17, 15) is 18.7 Å². The van der Waals surface area contributed by atoms with Crippen LogP contribution in [0.3, 0.4) is 0 Å². The predicted octanol–water partition coefficient (Wildman–Crippen LogP) is 4.26. The summed E-state index contributed by atoms with van der Waals surface area (Å²) in [5.41, 5.74) is 4.04. The van der Waals surface area contributed by atoms with Crippen LogP contribution in [0.2, 0.25) is 0 Å². The van der Waals surface area contributed by atoms with Crippen LogP contribution in [0, 0.1) is 0 Å². The minimum Gasteiger partial charge on any atom is -0.480 e. The Bertz CT molecular complexity index is 1150. The molecule has 8 heteroatoms. The van der Waals surface area contributed by atoms with Crippen LogP contribution in [0.25, 0.3) is 11.1 Å². The van der Waals surface area contributed by atoms with Gasteiger partial charge in [0.1, 0.15) is 6.04 Å². The van der Waals surface area contributed by atoms with Crippen molar-refractivity contribution in [2.75, 3.05) is 17.5 Å². The molecule has 0 saturated carbocycles. The van der Waals surface area contributed by atoms with Gasteiger partial charge in [0.2, 0.25) is 0 Å². The summed E-state index contributed by atoms with van der Waals surface area (Å²) in [5.74, 6) is -1.17. The summed E-state index contributed by atoms with van der Waals surface area (Å²) in [6.45, 7) is 2.36. The van der Waals surface area contributed by atoms with E-state index in [0.29, 0.717) is 12.2 Å². The van der Waals surface area contributed by atoms with E-state index in [4.69, 9.17) is 4.74 Å². The highest BCUT2D eigenvalue weighted by molar-refractivity contribution is 7.80. The van der Waals surface area contributed by atoms with Gasteiger partial charge < -0.3 is 15.2 Å². The van der Waals surface area contributed by atoms with E-state index in [0.717, 1.165) is 52.6 Å². The monoisotopic (exact) mass is 494 g/mol. The first-order valence-corrected chi connectivity index (χ1v) is 12.8. The predicted molar refractivity (Wildman–Crippen MR) is 137 cm³/mol. The molecule has 0 aromatic heterocycles. The number of benzene rings is 3. The van der Waals surface area contributed by atoms with Crippen molar-refractivity contribution in [2.24, 2.45) is 0 Å². The maximum Gasteiger partial charge on any atom is 0.327 e. The lowest BCUT2D eigenvalue weighted by Crippen LogP contribution is -2.44. The average Bonchev–Trinajstić information content (AvgIpc) is 3.38. The van der Waals surface area contributed by atoms with Crippen molar-refractivity contribution in [1.82, 2.24) is 5.32 Å². The van der Waals surface area contributed by atoms with Gasteiger partial charge in [0, 0.05) is 26.1 Å². The molecule has 3 aromatic rings. The van der Waals surface area contributed by atoms with Gasteiger partial charge in [-0.3, -0.25) is 8.86 Å². The van der Waals surface area contributed by atoms with E-state index in [1.54, 1.807) is 18.2 Å². The van der Waals surface area contributed by atoms with E-state index in [2.05, 4.69) is 11.4 Å². The fourth-order valence-electron chi connectivity index (χ4n) is 4.35. The summed E-state index contributed by atoms with van der Waals surface area (Å²) in [6, 6.07) is 23.1. The minimum absolute atomic E-state index is 0.0958. The summed E-state index contributed by atoms with van der Waals surface area (Å²) in [7, 11) is 0. The lowest BCUT2D eigenvalue weighted by Gasteiger charge is -2.27. The normalized spacial score (nSPS) is 17.1. The van der Waals surface area contributed by atoms with Crippen molar-refractivity contribution in [3.63, 3.8) is 0 Å². The van der Waals surface area contributed by atoms with E-state index in [-0.39, 0.29) is 12.5 Å². The van der Waals surface area contributed by atoms with Crippen molar-refractivity contribution >= 4 is 22.9 Å². The van der Waals surface area contributed by atoms with Crippen LogP contribution in [0.4, 0.5) is 5.69 Å². The quantitative estimate of drug-likeness (QED) is 0.345. The highest BCUT2D eigenvalue weighted by atomic mass is 32.2. The third-order valence-electron chi connectivity index (χ3n) is 6.09. The smallest absolute Gasteiger partial charge is 0.327 e. The van der Waals surface area contributed by atoms with Gasteiger partial charge >= 0.3 is 5.97 Å². The number of carbonyl (C=O) groups is 1. The first-order valence-electron chi connectivity index (χ1n) is 11.7. The molecule has 1 aliphatic heterocycles. The Hall–Kier alpha value is -3.04. The van der Waals surface area contributed by atoms with Gasteiger partial charge in [0.05, 0.1) is 11.8 Å². The van der Waals surface area contributed by atoms with Crippen molar-refractivity contribution < 1.29 is 23.4 Å². The first kappa shape index (κ1) is 25.1. The van der Waals surface area contributed by atoms with Gasteiger partial charge in [-0.15, -0.1) is 0 Å². The summed E-state index contributed by atoms with van der Waals surface area (Å²) in [5, 5.41) is 13.3. The zero-order valence-electron chi connectivity index (χ0n) is 19.4. The lowest BCUT2D eigenvalue weighted by molar-refractivity contribution is -0.138. The Balaban J connectivity index is 1.54. The molecule has 1 saturated heterocycles. The maximum atomic E-state index is 12.3. The van der Waals surface area contributed by atoms with Crippen molar-refractivity contribution in [3.8, 4) is 11.1 Å². The summed E-state index contributed by atoms with van der Waals surface area (Å²) >= 11 is -2.52. The zero-order valence-corrected chi connectivity index (χ0v) is 20.2. The maximum absolute atomic E-state index is 12.3. The Morgan fingerprint density at radius 1 is 1.03 bits per heavy atom. The van der Waals surface area contributed by atoms with Crippen LogP contribution in [0.15, 0.2) is 78.9 Å². The number of ether oxygens (including phenoxy) is 1. The second-order valence-corrected chi connectivity index (χ2v) is 9.47. The second kappa shape index (κ2) is 12.1. The fraction of sp³-hybridized carbons (Fsp3) is 0.296. The van der Waals surface area contributed by atoms with Crippen LogP contribution in [0.5, 0.6) is 0 Å². The van der Waals surface area contributed by atoms with E-state index in [1.165, 1.54) is 0 Å². The number of carboxylic acids is 1. The molecule has 7 nitrogen and oxygen atoms in total. The minimum atomic E-state index is -2.52. The molecule has 0 radical (unpaired) electrons. The standard InChI is InChI=1S/C27H30N2O5S/c30-27(31)26(16-20-7-2-1-3-8-20)29(35(32)33)24-12-5-11-23(17-24)22-10-4-9-21(15-22)18-28-19-25-13-6-14-34-25/h1-5,7-12,15,17,25-26,28H,6,13-14,16,18-19H2,(H,30,31)(H,32,33). The third kappa shape index (κ3) is 6.76. The molecular weight excluding hydrogens is 464 g/mol. The van der Waals surface area contributed by atoms with Gasteiger partial charge in [-0.25, -0.2) is 9.00 Å². The summed E-state index contributed by atoms with van der Waals surface area (Å²) in [6.07, 6.45) is 2.57. The molecule has 3 aromatic carbocycles. The van der Waals surface area contributed by atoms with Gasteiger partial charge in [0.25, 0.3) is 11.3 Å². The number of nitrogens with one attached hydrogen (secondary N) is 1. The molecule has 35 heavy (non-hydrogen) atoms. The van der Waals surface area contributed by atoms with Crippen LogP contribution in [-0.2, 0) is 33.8 Å². The van der Waals surface area contributed by atoms with Crippen LogP contribution < -0.4 is 9.62 Å². The number of hydrogen-bond acceptors (Lipinski definition) is 4. The highest BCUT2D eigenvalue weighted by Gasteiger charge is 2.30. The molecule has 3 N–H and O–H groups in total. The topological polar surface area (TPSA) is 99.1 Å². The summed E-state index contributed by atoms with van der Waals surface area (Å²) in [4.78, 5) is 12.1. The van der Waals surface area contributed by atoms with Crippen LogP contribution >= 0.6 is 0 Å². The molecule has 1 heterocycles. The zero-order chi connectivity index (χ0) is 24.6. The second-order valence-electron chi connectivity index (χ2n) is 8.62. The molecule has 184 valence electrons. The number of carboxylic acid groups (broad SMARTS) is 1. The average molecular weight is 495 g/mol. The number of rotatable bonds is 11. The molecular formula is C27H30N2O5S. The van der Waals surface area contributed by atoms with E-state index >= 15 is 0 Å². The molecule has 4 rings (SSSR count). The van der Waals surface area contributed by atoms with Gasteiger partial charge in [-0.1, -0.05) is 60.7 Å². The highest BCUT2D eigenvalue weighted by Crippen LogP contribution is 2.28. The Kier molecular flexibility index (Phi) is 8.65. The Morgan fingerprint density at radius 2 is 1.74 bits per heavy atom. The Morgan fingerprint density at radius 3 is 2.43 bits per heavy atom. The number of hydrogen-bond donors (Lipinski definition) is 3. The first-order chi connectivity index (χ1) is 17.0. The van der Waals surface area contributed by atoms with E-state index < -0.39 is 23.3 Å². The molecule has 3 atom stereocenters. The van der Waals surface area contributed by atoms with E-state index in [1.807, 2.05) is 54.6 Å². The number of anilines is 1. The van der Waals surface area contributed by atoms with Crippen molar-refractivity contribution in [2.45, 2.75) is 38.0 Å². The van der Waals surface area contributed by atoms with Crippen LogP contribution in [-0.4, -0.2) is 45.1 Å². The van der Waals surface area contributed by atoms with Crippen molar-refractivity contribution in [1.29, 1.82) is 0 Å². The third-order valence-corrected chi connectivity index (χ3v) is 6.90. The fourth-order valence-corrected chi connectivity index (χ4v) is 5.03. The number of aliphatic carboxylic acids is 1.